The first-order chi connectivity index (χ1) is 16.1. The number of anilines is 1. The van der Waals surface area contributed by atoms with Crippen molar-refractivity contribution in [3.63, 3.8) is 0 Å². The van der Waals surface area contributed by atoms with Crippen molar-refractivity contribution in [3.05, 3.63) is 85.7 Å². The fourth-order valence-electron chi connectivity index (χ4n) is 4.32. The largest absolute Gasteiger partial charge is 0.497 e. The molecule has 0 saturated carbocycles. The van der Waals surface area contributed by atoms with Crippen LogP contribution in [0.2, 0.25) is 0 Å². The second kappa shape index (κ2) is 7.81. The molecule has 2 aromatic heterocycles. The quantitative estimate of drug-likeness (QED) is 0.368. The molecule has 34 heavy (non-hydrogen) atoms. The molecule has 1 unspecified atom stereocenters. The second-order valence-corrected chi connectivity index (χ2v) is 10.8. The summed E-state index contributed by atoms with van der Waals surface area (Å²) in [4.78, 5) is 34.7. The van der Waals surface area contributed by atoms with Gasteiger partial charge in [-0.15, -0.1) is 11.3 Å². The van der Waals surface area contributed by atoms with E-state index in [-0.39, 0.29) is 22.5 Å². The van der Waals surface area contributed by atoms with E-state index in [4.69, 9.17) is 9.15 Å². The smallest absolute Gasteiger partial charge is 0.297 e. The van der Waals surface area contributed by atoms with E-state index >= 15 is 0 Å². The molecule has 6 nitrogen and oxygen atoms in total. The highest BCUT2D eigenvalue weighted by Crippen LogP contribution is 2.43. The van der Waals surface area contributed by atoms with Gasteiger partial charge in [-0.2, -0.15) is 0 Å². The van der Waals surface area contributed by atoms with Crippen LogP contribution in [0.3, 0.4) is 0 Å². The number of carbonyl (C=O) groups is 1. The number of ether oxygens (including phenoxy) is 1. The zero-order valence-electron chi connectivity index (χ0n) is 20.1. The first kappa shape index (κ1) is 22.3. The van der Waals surface area contributed by atoms with Crippen molar-refractivity contribution in [2.24, 2.45) is 0 Å². The van der Waals surface area contributed by atoms with Crippen LogP contribution in [0.1, 0.15) is 64.6 Å². The summed E-state index contributed by atoms with van der Waals surface area (Å²) in [6.45, 7) is 10.3. The van der Waals surface area contributed by atoms with Gasteiger partial charge in [0.1, 0.15) is 11.3 Å². The summed E-state index contributed by atoms with van der Waals surface area (Å²) >= 11 is 1.44. The van der Waals surface area contributed by atoms with Gasteiger partial charge < -0.3 is 9.15 Å². The van der Waals surface area contributed by atoms with Crippen LogP contribution in [0.5, 0.6) is 5.75 Å². The maximum absolute atomic E-state index is 13.7. The SMILES string of the molecule is COc1ccc2c(=O)c3c(oc2c1)C(=O)N(c1nc(C)c(C)s1)C3c1ccc(C(C)(C)C)cc1. The first-order valence-electron chi connectivity index (χ1n) is 11.1. The number of amides is 1. The average molecular weight is 475 g/mol. The highest BCUT2D eigenvalue weighted by atomic mass is 32.1. The lowest BCUT2D eigenvalue weighted by atomic mass is 9.86. The Hall–Kier alpha value is -3.45. The molecule has 2 aromatic carbocycles. The highest BCUT2D eigenvalue weighted by molar-refractivity contribution is 7.15. The molecular formula is C27H26N2O4S. The molecule has 0 saturated heterocycles. The number of methoxy groups -OCH3 is 1. The lowest BCUT2D eigenvalue weighted by Crippen LogP contribution is -2.29. The molecule has 5 rings (SSSR count). The van der Waals surface area contributed by atoms with Crippen LogP contribution in [0.15, 0.2) is 51.7 Å². The minimum atomic E-state index is -0.621. The van der Waals surface area contributed by atoms with E-state index in [1.807, 2.05) is 26.0 Å². The van der Waals surface area contributed by atoms with Crippen molar-refractivity contribution in [1.29, 1.82) is 0 Å². The van der Waals surface area contributed by atoms with Gasteiger partial charge in [0.15, 0.2) is 10.6 Å². The first-order valence-corrected chi connectivity index (χ1v) is 11.9. The zero-order valence-corrected chi connectivity index (χ0v) is 20.9. The van der Waals surface area contributed by atoms with Crippen molar-refractivity contribution < 1.29 is 13.9 Å². The second-order valence-electron chi connectivity index (χ2n) is 9.62. The van der Waals surface area contributed by atoms with E-state index in [0.717, 1.165) is 16.1 Å². The van der Waals surface area contributed by atoms with Gasteiger partial charge in [0.05, 0.1) is 29.8 Å². The van der Waals surface area contributed by atoms with Gasteiger partial charge in [0.25, 0.3) is 5.91 Å². The number of aromatic nitrogens is 1. The average Bonchev–Trinajstić information content (AvgIpc) is 3.29. The molecule has 1 amide bonds. The normalized spacial score (nSPS) is 15.8. The zero-order chi connectivity index (χ0) is 24.4. The summed E-state index contributed by atoms with van der Waals surface area (Å²) in [5.74, 6) is 0.245. The van der Waals surface area contributed by atoms with Gasteiger partial charge in [-0.25, -0.2) is 4.98 Å². The van der Waals surface area contributed by atoms with Crippen LogP contribution in [0, 0.1) is 13.8 Å². The molecule has 0 bridgehead atoms. The fraction of sp³-hybridized carbons (Fsp3) is 0.296. The van der Waals surface area contributed by atoms with E-state index in [1.54, 1.807) is 30.2 Å². The van der Waals surface area contributed by atoms with Crippen molar-refractivity contribution in [3.8, 4) is 5.75 Å². The molecule has 1 atom stereocenters. The topological polar surface area (TPSA) is 72.6 Å². The van der Waals surface area contributed by atoms with E-state index in [0.29, 0.717) is 27.4 Å². The summed E-state index contributed by atoms with van der Waals surface area (Å²) in [5.41, 5.74) is 3.31. The number of benzene rings is 2. The standard InChI is InChI=1S/C27H26N2O4S/c1-14-15(2)34-26(28-14)29-22(16-7-9-17(10-8-16)27(3,4)5)21-23(30)19-12-11-18(32-6)13-20(19)33-24(21)25(29)31/h7-13,22H,1-6H3. The number of rotatable bonds is 3. The van der Waals surface area contributed by atoms with E-state index in [2.05, 4.69) is 37.9 Å². The highest BCUT2D eigenvalue weighted by Gasteiger charge is 2.45. The summed E-state index contributed by atoms with van der Waals surface area (Å²) in [7, 11) is 1.55. The summed E-state index contributed by atoms with van der Waals surface area (Å²) < 4.78 is 11.3. The van der Waals surface area contributed by atoms with Crippen LogP contribution in [-0.4, -0.2) is 18.0 Å². The van der Waals surface area contributed by atoms with Crippen molar-refractivity contribution in [2.45, 2.75) is 46.1 Å². The number of hydrogen-bond acceptors (Lipinski definition) is 6. The number of carbonyl (C=O) groups excluding carboxylic acids is 1. The van der Waals surface area contributed by atoms with E-state index in [9.17, 15) is 9.59 Å². The molecule has 0 radical (unpaired) electrons. The van der Waals surface area contributed by atoms with E-state index in [1.165, 1.54) is 16.9 Å². The monoisotopic (exact) mass is 474 g/mol. The van der Waals surface area contributed by atoms with Crippen LogP contribution >= 0.6 is 11.3 Å². The van der Waals surface area contributed by atoms with Crippen molar-refractivity contribution >= 4 is 33.3 Å². The third-order valence-corrected chi connectivity index (χ3v) is 7.47. The molecule has 0 spiro atoms. The molecule has 4 aromatic rings. The lowest BCUT2D eigenvalue weighted by molar-refractivity contribution is 0.0971. The molecule has 1 aliphatic rings. The number of aryl methyl sites for hydroxylation is 2. The van der Waals surface area contributed by atoms with Crippen LogP contribution in [-0.2, 0) is 5.41 Å². The molecule has 174 valence electrons. The maximum Gasteiger partial charge on any atom is 0.297 e. The molecule has 7 heteroatoms. The Morgan fingerprint density at radius 2 is 1.76 bits per heavy atom. The van der Waals surface area contributed by atoms with Gasteiger partial charge in [0.2, 0.25) is 5.76 Å². The number of hydrogen-bond donors (Lipinski definition) is 0. The number of fused-ring (bicyclic) bond motifs is 2. The lowest BCUT2D eigenvalue weighted by Gasteiger charge is -2.24. The molecule has 1 aliphatic heterocycles. The van der Waals surface area contributed by atoms with Gasteiger partial charge in [-0.05, 0) is 42.5 Å². The van der Waals surface area contributed by atoms with Crippen LogP contribution in [0.25, 0.3) is 11.0 Å². The minimum absolute atomic E-state index is 0.0144. The molecular weight excluding hydrogens is 448 g/mol. The molecule has 0 N–H and O–H groups in total. The molecule has 0 fully saturated rings. The number of nitrogens with zero attached hydrogens (tertiary/aromatic N) is 2. The van der Waals surface area contributed by atoms with Crippen molar-refractivity contribution in [2.75, 3.05) is 12.0 Å². The summed E-state index contributed by atoms with van der Waals surface area (Å²) in [5, 5.41) is 0.967. The Morgan fingerprint density at radius 3 is 2.35 bits per heavy atom. The van der Waals surface area contributed by atoms with Crippen molar-refractivity contribution in [1.82, 2.24) is 4.98 Å². The third-order valence-electron chi connectivity index (χ3n) is 6.40. The van der Waals surface area contributed by atoms with Gasteiger partial charge >= 0.3 is 0 Å². The van der Waals surface area contributed by atoms with Gasteiger partial charge in [0, 0.05) is 10.9 Å². The summed E-state index contributed by atoms with van der Waals surface area (Å²) in [6.07, 6.45) is 0. The Balaban J connectivity index is 1.76. The predicted molar refractivity (Wildman–Crippen MR) is 134 cm³/mol. The predicted octanol–water partition coefficient (Wildman–Crippen LogP) is 5.92. The van der Waals surface area contributed by atoms with E-state index < -0.39 is 6.04 Å². The fourth-order valence-corrected chi connectivity index (χ4v) is 5.25. The molecule has 0 aliphatic carbocycles. The Kier molecular flexibility index (Phi) is 5.13. The van der Waals surface area contributed by atoms with Gasteiger partial charge in [-0.3, -0.25) is 14.5 Å². The Morgan fingerprint density at radius 1 is 1.06 bits per heavy atom. The van der Waals surface area contributed by atoms with Crippen LogP contribution in [0.4, 0.5) is 5.13 Å². The Bertz CT molecular complexity index is 1470. The minimum Gasteiger partial charge on any atom is -0.497 e. The number of thiazole rings is 1. The summed E-state index contributed by atoms with van der Waals surface area (Å²) in [6, 6.07) is 12.5. The van der Waals surface area contributed by atoms with Gasteiger partial charge in [-0.1, -0.05) is 45.0 Å². The van der Waals surface area contributed by atoms with Crippen LogP contribution < -0.4 is 15.1 Å². The molecule has 3 heterocycles. The Labute approximate surface area is 201 Å². The third kappa shape index (κ3) is 3.42. The maximum atomic E-state index is 13.7.